The number of rotatable bonds is 39. The van der Waals surface area contributed by atoms with Gasteiger partial charge < -0.3 is 29.1 Å². The second-order valence-corrected chi connectivity index (χ2v) is 17.8. The number of hydrogen-bond donors (Lipinski definition) is 1. The minimum Gasteiger partial charge on any atom is -0.465 e. The molecule has 346 valence electrons. The average molecular weight is 825 g/mol. The minimum absolute atomic E-state index is 0.0326. The van der Waals surface area contributed by atoms with E-state index in [4.69, 9.17) is 19.3 Å². The van der Waals surface area contributed by atoms with E-state index < -0.39 is 0 Å². The summed E-state index contributed by atoms with van der Waals surface area (Å²) < 4.78 is 16.9. The number of likely N-dealkylation sites (tertiary alicyclic amines) is 1. The molecule has 0 spiro atoms. The molecule has 1 N–H and O–H groups in total. The molecule has 1 heterocycles. The molecule has 0 saturated carbocycles. The topological polar surface area (TPSA) is 88.5 Å². The van der Waals surface area contributed by atoms with Crippen LogP contribution in [0.5, 0.6) is 0 Å². The molecule has 0 aromatic carbocycles. The Morgan fingerprint density at radius 1 is 0.552 bits per heavy atom. The molecule has 0 amide bonds. The number of aliphatic hydroxyl groups excluding tert-OH is 1. The van der Waals surface area contributed by atoms with E-state index in [1.54, 1.807) is 0 Å². The second kappa shape index (κ2) is 41.1. The zero-order valence-electron chi connectivity index (χ0n) is 39.9. The van der Waals surface area contributed by atoms with Crippen LogP contribution in [0.4, 0.5) is 0 Å². The molecule has 1 aliphatic rings. The van der Waals surface area contributed by atoms with Gasteiger partial charge in [0.05, 0.1) is 31.7 Å². The zero-order chi connectivity index (χ0) is 43.0. The highest BCUT2D eigenvalue weighted by Crippen LogP contribution is 2.38. The second-order valence-electron chi connectivity index (χ2n) is 17.8. The third-order valence-electron chi connectivity index (χ3n) is 12.8. The van der Waals surface area contributed by atoms with Gasteiger partial charge in [0, 0.05) is 6.54 Å². The molecule has 1 rings (SSSR count). The van der Waals surface area contributed by atoms with E-state index in [2.05, 4.69) is 58.4 Å². The fourth-order valence-electron chi connectivity index (χ4n) is 8.42. The van der Waals surface area contributed by atoms with E-state index in [0.29, 0.717) is 19.8 Å². The summed E-state index contributed by atoms with van der Waals surface area (Å²) in [6.07, 6.45) is 33.5. The molecular formula is C50H100N2O6. The number of hydrogen-bond acceptors (Lipinski definition) is 8. The van der Waals surface area contributed by atoms with Crippen molar-refractivity contribution in [1.29, 1.82) is 0 Å². The third-order valence-corrected chi connectivity index (χ3v) is 12.8. The molecule has 1 aliphatic heterocycles. The van der Waals surface area contributed by atoms with Gasteiger partial charge in [0.1, 0.15) is 6.79 Å². The van der Waals surface area contributed by atoms with Crippen LogP contribution in [0.25, 0.3) is 0 Å². The molecule has 0 aliphatic carbocycles. The zero-order valence-corrected chi connectivity index (χ0v) is 39.9. The van der Waals surface area contributed by atoms with Gasteiger partial charge >= 0.3 is 11.9 Å². The van der Waals surface area contributed by atoms with Crippen molar-refractivity contribution in [3.63, 3.8) is 0 Å². The molecule has 1 saturated heterocycles. The van der Waals surface area contributed by atoms with E-state index in [0.717, 1.165) is 116 Å². The van der Waals surface area contributed by atoms with E-state index in [1.165, 1.54) is 103 Å². The summed E-state index contributed by atoms with van der Waals surface area (Å²) in [5, 5.41) is 8.31. The fraction of sp³-hybridized carbons (Fsp3) is 0.960. The van der Waals surface area contributed by atoms with Crippen LogP contribution in [0.3, 0.4) is 0 Å². The molecular weight excluding hydrogens is 725 g/mol. The third kappa shape index (κ3) is 31.6. The summed E-state index contributed by atoms with van der Waals surface area (Å²) in [7, 11) is 2.20. The van der Waals surface area contributed by atoms with Crippen molar-refractivity contribution in [3.8, 4) is 0 Å². The van der Waals surface area contributed by atoms with Crippen LogP contribution in [0, 0.1) is 17.3 Å². The van der Waals surface area contributed by atoms with Crippen LogP contribution in [-0.2, 0) is 23.8 Å². The highest BCUT2D eigenvalue weighted by Gasteiger charge is 2.34. The maximum Gasteiger partial charge on any atom is 0.308 e. The number of piperidine rings is 1. The Bertz CT molecular complexity index is 839. The number of unbranched alkanes of at least 4 members (excludes halogenated alkanes) is 16. The number of esters is 2. The highest BCUT2D eigenvalue weighted by atomic mass is 16.6. The van der Waals surface area contributed by atoms with Crippen molar-refractivity contribution in [2.45, 2.75) is 228 Å². The highest BCUT2D eigenvalue weighted by molar-refractivity contribution is 5.72. The van der Waals surface area contributed by atoms with Gasteiger partial charge in [-0.3, -0.25) is 9.59 Å². The lowest BCUT2D eigenvalue weighted by Crippen LogP contribution is -2.40. The SMILES string of the molecule is CCCCCCCCC(CCCCCC)C(=O)OCCC1(CCOC(=O)C(CCCCCC)CCCCCCCC)CCN(C)CC1.CCN(CC)CCCOCO. The van der Waals surface area contributed by atoms with E-state index in [-0.39, 0.29) is 36.0 Å². The summed E-state index contributed by atoms with van der Waals surface area (Å²) in [6.45, 7) is 20.2. The monoisotopic (exact) mass is 825 g/mol. The van der Waals surface area contributed by atoms with Gasteiger partial charge in [-0.05, 0) is 96.4 Å². The van der Waals surface area contributed by atoms with Gasteiger partial charge in [-0.1, -0.05) is 170 Å². The molecule has 2 unspecified atom stereocenters. The van der Waals surface area contributed by atoms with Crippen molar-refractivity contribution in [1.82, 2.24) is 9.80 Å². The van der Waals surface area contributed by atoms with Gasteiger partial charge in [-0.25, -0.2) is 0 Å². The average Bonchev–Trinajstić information content (AvgIpc) is 3.23. The summed E-state index contributed by atoms with van der Waals surface area (Å²) in [5.74, 6) is 0.164. The molecule has 8 heteroatoms. The van der Waals surface area contributed by atoms with Crippen molar-refractivity contribution < 1.29 is 28.9 Å². The first-order valence-corrected chi connectivity index (χ1v) is 25.2. The fourth-order valence-corrected chi connectivity index (χ4v) is 8.42. The van der Waals surface area contributed by atoms with Crippen LogP contribution in [-0.4, -0.2) is 93.2 Å². The van der Waals surface area contributed by atoms with Crippen molar-refractivity contribution in [3.05, 3.63) is 0 Å². The Morgan fingerprint density at radius 3 is 1.28 bits per heavy atom. The Hall–Kier alpha value is -1.22. The smallest absolute Gasteiger partial charge is 0.308 e. The van der Waals surface area contributed by atoms with Crippen LogP contribution in [0.1, 0.15) is 228 Å². The molecule has 2 atom stereocenters. The quantitative estimate of drug-likeness (QED) is 0.0372. The van der Waals surface area contributed by atoms with Crippen molar-refractivity contribution >= 4 is 11.9 Å². The molecule has 0 aromatic rings. The van der Waals surface area contributed by atoms with Gasteiger partial charge in [0.15, 0.2) is 0 Å². The van der Waals surface area contributed by atoms with Crippen LogP contribution in [0.15, 0.2) is 0 Å². The Morgan fingerprint density at radius 2 is 0.914 bits per heavy atom. The van der Waals surface area contributed by atoms with E-state index in [1.807, 2.05) is 0 Å². The molecule has 0 radical (unpaired) electrons. The normalized spacial score (nSPS) is 15.2. The summed E-state index contributed by atoms with van der Waals surface area (Å²) >= 11 is 0. The first kappa shape index (κ1) is 56.8. The molecule has 8 nitrogen and oxygen atoms in total. The number of ether oxygens (including phenoxy) is 3. The van der Waals surface area contributed by atoms with Crippen molar-refractivity contribution in [2.75, 3.05) is 66.4 Å². The van der Waals surface area contributed by atoms with Gasteiger partial charge in [0.25, 0.3) is 0 Å². The lowest BCUT2D eigenvalue weighted by Gasteiger charge is -2.40. The van der Waals surface area contributed by atoms with Gasteiger partial charge in [0.2, 0.25) is 0 Å². The van der Waals surface area contributed by atoms with Crippen LogP contribution in [0.2, 0.25) is 0 Å². The summed E-state index contributed by atoms with van der Waals surface area (Å²) in [5.41, 5.74) is 0.0822. The van der Waals surface area contributed by atoms with Crippen LogP contribution >= 0.6 is 0 Å². The van der Waals surface area contributed by atoms with Gasteiger partial charge in [-0.15, -0.1) is 0 Å². The predicted molar refractivity (Wildman–Crippen MR) is 246 cm³/mol. The number of aliphatic hydroxyl groups is 1. The largest absolute Gasteiger partial charge is 0.465 e. The summed E-state index contributed by atoms with van der Waals surface area (Å²) in [6, 6.07) is 0. The first-order valence-electron chi connectivity index (χ1n) is 25.2. The Kier molecular flexibility index (Phi) is 40.3. The maximum atomic E-state index is 13.3. The summed E-state index contributed by atoms with van der Waals surface area (Å²) in [4.78, 5) is 31.4. The van der Waals surface area contributed by atoms with Crippen molar-refractivity contribution in [2.24, 2.45) is 17.3 Å². The first-order chi connectivity index (χ1) is 28.3. The lowest BCUT2D eigenvalue weighted by molar-refractivity contribution is -0.151. The number of carbonyl (C=O) groups excluding carboxylic acids is 2. The maximum absolute atomic E-state index is 13.3. The molecule has 1 fully saturated rings. The Balaban J connectivity index is 0.00000256. The number of nitrogens with zero attached hydrogens (tertiary/aromatic N) is 2. The van der Waals surface area contributed by atoms with Crippen LogP contribution < -0.4 is 0 Å². The number of carbonyl (C=O) groups is 2. The van der Waals surface area contributed by atoms with E-state index >= 15 is 0 Å². The predicted octanol–water partition coefficient (Wildman–Crippen LogP) is 12.9. The van der Waals surface area contributed by atoms with E-state index in [9.17, 15) is 9.59 Å². The standard InChI is InChI=1S/C42H81NO4.C8H19NO2/c1-6-10-14-18-20-24-28-38(26-22-16-12-8-3)40(44)46-36-32-42(30-34-43(5)35-31-42)33-37-47-41(45)39(27-23-17-13-9-4)29-25-21-19-15-11-7-2;1-3-9(4-2)6-5-7-11-8-10/h38-39H,6-37H2,1-5H3;10H,3-8H2,1-2H3. The lowest BCUT2D eigenvalue weighted by atomic mass is 9.73. The van der Waals surface area contributed by atoms with Gasteiger partial charge in [-0.2, -0.15) is 0 Å². The molecule has 0 aromatic heterocycles. The molecule has 0 bridgehead atoms. The Labute approximate surface area is 361 Å². The minimum atomic E-state index is -0.155. The molecule has 58 heavy (non-hydrogen) atoms.